The highest BCUT2D eigenvalue weighted by Crippen LogP contribution is 2.44. The summed E-state index contributed by atoms with van der Waals surface area (Å²) in [6.07, 6.45) is -1.51. The average Bonchev–Trinajstić information content (AvgIpc) is 3.47. The molecule has 0 saturated carbocycles. The maximum atomic E-state index is 14.1. The van der Waals surface area contributed by atoms with Crippen LogP contribution in [0, 0.1) is 0 Å². The van der Waals surface area contributed by atoms with Crippen molar-refractivity contribution in [1.29, 1.82) is 0 Å². The van der Waals surface area contributed by atoms with Gasteiger partial charge in [0.15, 0.2) is 0 Å². The Morgan fingerprint density at radius 3 is 1.57 bits per heavy atom. The fourth-order valence-electron chi connectivity index (χ4n) is 6.43. The zero-order valence-electron chi connectivity index (χ0n) is 26.6. The summed E-state index contributed by atoms with van der Waals surface area (Å²) in [4.78, 5) is 52.5. The van der Waals surface area contributed by atoms with E-state index in [2.05, 4.69) is 10.6 Å². The van der Waals surface area contributed by atoms with Crippen LogP contribution in [-0.2, 0) is 29.4 Å². The van der Waals surface area contributed by atoms with E-state index in [-0.39, 0.29) is 12.5 Å². The number of nitrogens with one attached hydrogen (secondary N) is 2. The molecule has 1 unspecified atom stereocenters. The van der Waals surface area contributed by atoms with Gasteiger partial charge in [-0.3, -0.25) is 9.59 Å². The van der Waals surface area contributed by atoms with Gasteiger partial charge in [0, 0.05) is 5.92 Å². The van der Waals surface area contributed by atoms with Crippen LogP contribution < -0.4 is 16.4 Å². The molecular weight excluding hydrogens is 618 g/mol. The normalized spacial score (nSPS) is 12.6. The van der Waals surface area contributed by atoms with Gasteiger partial charge in [0.25, 0.3) is 0 Å². The Kier molecular flexibility index (Phi) is 9.92. The number of benzene rings is 5. The van der Waals surface area contributed by atoms with Crippen molar-refractivity contribution in [3.63, 3.8) is 0 Å². The van der Waals surface area contributed by atoms with E-state index < -0.39 is 48.5 Å². The maximum absolute atomic E-state index is 14.1. The number of carbonyl (C=O) groups excluding carboxylic acids is 4. The van der Waals surface area contributed by atoms with E-state index in [4.69, 9.17) is 15.2 Å². The zero-order valence-corrected chi connectivity index (χ0v) is 26.6. The Hall–Kier alpha value is -6.06. The topological polar surface area (TPSA) is 137 Å². The minimum atomic E-state index is -1.56. The van der Waals surface area contributed by atoms with Crippen LogP contribution in [0.4, 0.5) is 4.79 Å². The second kappa shape index (κ2) is 14.8. The van der Waals surface area contributed by atoms with Crippen LogP contribution in [0.2, 0.25) is 0 Å². The Bertz CT molecular complexity index is 1810. The average molecular weight is 654 g/mol. The molecule has 0 spiro atoms. The Morgan fingerprint density at radius 2 is 1.10 bits per heavy atom. The molecule has 0 radical (unpaired) electrons. The summed E-state index contributed by atoms with van der Waals surface area (Å²) >= 11 is 0. The Morgan fingerprint density at radius 1 is 0.653 bits per heavy atom. The molecule has 0 aliphatic heterocycles. The van der Waals surface area contributed by atoms with E-state index >= 15 is 0 Å². The lowest BCUT2D eigenvalue weighted by Gasteiger charge is -2.37. The third-order valence-corrected chi connectivity index (χ3v) is 8.64. The minimum Gasteiger partial charge on any atom is -0.449 e. The number of hydrogen-bond acceptors (Lipinski definition) is 7. The Balaban J connectivity index is 1.25. The van der Waals surface area contributed by atoms with Gasteiger partial charge >= 0.3 is 18.0 Å². The Labute approximate surface area is 284 Å². The number of alkyl carbamates (subject to hydrolysis) is 1. The highest BCUT2D eigenvalue weighted by atomic mass is 16.6. The minimum absolute atomic E-state index is 0.0192. The number of carbonyl (C=O) groups is 4. The monoisotopic (exact) mass is 653 g/mol. The first kappa shape index (κ1) is 32.9. The molecule has 246 valence electrons. The van der Waals surface area contributed by atoms with Crippen LogP contribution in [0.5, 0.6) is 0 Å². The predicted octanol–water partition coefficient (Wildman–Crippen LogP) is 5.42. The van der Waals surface area contributed by atoms with Gasteiger partial charge < -0.3 is 25.8 Å². The van der Waals surface area contributed by atoms with Crippen molar-refractivity contribution in [3.05, 3.63) is 167 Å². The summed E-state index contributed by atoms with van der Waals surface area (Å²) < 4.78 is 10.5. The van der Waals surface area contributed by atoms with Gasteiger partial charge in [0.05, 0.1) is 13.0 Å². The van der Waals surface area contributed by atoms with E-state index in [1.54, 1.807) is 0 Å². The van der Waals surface area contributed by atoms with Gasteiger partial charge in [-0.1, -0.05) is 140 Å². The molecule has 0 heterocycles. The first-order valence-corrected chi connectivity index (χ1v) is 15.9. The maximum Gasteiger partial charge on any atom is 0.407 e. The number of ether oxygens (including phenoxy) is 2. The van der Waals surface area contributed by atoms with Crippen LogP contribution in [0.25, 0.3) is 11.1 Å². The van der Waals surface area contributed by atoms with Crippen molar-refractivity contribution in [2.75, 3.05) is 13.2 Å². The highest BCUT2D eigenvalue weighted by Gasteiger charge is 2.39. The lowest BCUT2D eigenvalue weighted by molar-refractivity contribution is -0.160. The van der Waals surface area contributed by atoms with Crippen molar-refractivity contribution in [2.24, 2.45) is 5.73 Å². The molecule has 4 N–H and O–H groups in total. The van der Waals surface area contributed by atoms with E-state index in [0.717, 1.165) is 38.9 Å². The third-order valence-electron chi connectivity index (χ3n) is 8.64. The van der Waals surface area contributed by atoms with Crippen LogP contribution in [0.3, 0.4) is 0 Å². The van der Waals surface area contributed by atoms with Gasteiger partial charge in [-0.25, -0.2) is 9.59 Å². The summed E-state index contributed by atoms with van der Waals surface area (Å²) in [7, 11) is 0. The number of fused-ring (bicyclic) bond motifs is 3. The molecule has 0 saturated heterocycles. The van der Waals surface area contributed by atoms with Crippen LogP contribution in [-0.4, -0.2) is 43.1 Å². The van der Waals surface area contributed by atoms with Gasteiger partial charge in [-0.05, 0) is 38.9 Å². The number of hydrogen-bond donors (Lipinski definition) is 3. The molecule has 0 aromatic heterocycles. The molecule has 0 bridgehead atoms. The van der Waals surface area contributed by atoms with Gasteiger partial charge in [-0.2, -0.15) is 0 Å². The molecule has 1 aliphatic carbocycles. The predicted molar refractivity (Wildman–Crippen MR) is 184 cm³/mol. The molecule has 1 aliphatic rings. The first-order valence-electron chi connectivity index (χ1n) is 15.9. The molecule has 9 nitrogen and oxygen atoms in total. The van der Waals surface area contributed by atoms with Gasteiger partial charge in [0.1, 0.15) is 18.2 Å². The molecule has 5 aromatic rings. The second-order valence-corrected chi connectivity index (χ2v) is 11.6. The van der Waals surface area contributed by atoms with Crippen LogP contribution in [0.1, 0.15) is 40.2 Å². The summed E-state index contributed by atoms with van der Waals surface area (Å²) in [6, 6.07) is 42.5. The lowest BCUT2D eigenvalue weighted by atomic mass is 9.77. The van der Waals surface area contributed by atoms with E-state index in [1.807, 2.05) is 140 Å². The number of rotatable bonds is 11. The summed E-state index contributed by atoms with van der Waals surface area (Å²) in [5, 5.41) is 5.62. The highest BCUT2D eigenvalue weighted by molar-refractivity contribution is 5.94. The number of nitrogens with two attached hydrogens (primary N) is 1. The van der Waals surface area contributed by atoms with Crippen molar-refractivity contribution in [1.82, 2.24) is 10.6 Å². The van der Waals surface area contributed by atoms with E-state index in [0.29, 0.717) is 0 Å². The summed E-state index contributed by atoms with van der Waals surface area (Å²) in [5.74, 6) is -2.97. The second-order valence-electron chi connectivity index (χ2n) is 11.6. The molecule has 6 rings (SSSR count). The van der Waals surface area contributed by atoms with Gasteiger partial charge in [0.2, 0.25) is 5.91 Å². The summed E-state index contributed by atoms with van der Waals surface area (Å²) in [5.41, 5.74) is 10.6. The molecule has 49 heavy (non-hydrogen) atoms. The first-order chi connectivity index (χ1) is 23.9. The zero-order chi connectivity index (χ0) is 34.2. The lowest BCUT2D eigenvalue weighted by Crippen LogP contribution is -2.51. The molecular formula is C40H35N3O6. The van der Waals surface area contributed by atoms with Crippen LogP contribution >= 0.6 is 0 Å². The summed E-state index contributed by atoms with van der Waals surface area (Å²) in [6.45, 7) is -0.580. The van der Waals surface area contributed by atoms with Crippen molar-refractivity contribution >= 4 is 23.9 Å². The van der Waals surface area contributed by atoms with Crippen molar-refractivity contribution < 1.29 is 28.7 Å². The SMILES string of the molecule is NCC(=O)OC(=O)C(CC(=O)NC(c1ccccc1)(c1ccccc1)c1ccccc1)NC(=O)OCC1c2ccccc2-c2ccccc21. The van der Waals surface area contributed by atoms with E-state index in [1.165, 1.54) is 0 Å². The molecule has 0 fully saturated rings. The number of esters is 2. The fourth-order valence-corrected chi connectivity index (χ4v) is 6.43. The van der Waals surface area contributed by atoms with Crippen molar-refractivity contribution in [2.45, 2.75) is 23.9 Å². The quantitative estimate of drug-likeness (QED) is 0.0984. The molecule has 1 atom stereocenters. The molecule has 9 heteroatoms. The fraction of sp³-hybridized carbons (Fsp3) is 0.150. The van der Waals surface area contributed by atoms with E-state index in [9.17, 15) is 19.2 Å². The third kappa shape index (κ3) is 6.97. The molecule has 2 amide bonds. The standard InChI is InChI=1S/C40H35N3O6/c41-25-37(45)49-38(46)35(42-39(47)48-26-34-32-22-12-10-20-30(32)31-21-11-13-23-33(31)34)24-36(44)43-40(27-14-4-1-5-15-27,28-16-6-2-7-17-28)29-18-8-3-9-19-29/h1-23,34-35H,24-26,41H2,(H,42,47)(H,43,44). The smallest absolute Gasteiger partial charge is 0.407 e. The van der Waals surface area contributed by atoms with Crippen molar-refractivity contribution in [3.8, 4) is 11.1 Å². The van der Waals surface area contributed by atoms with Crippen LogP contribution in [0.15, 0.2) is 140 Å². The van der Waals surface area contributed by atoms with Gasteiger partial charge in [-0.15, -0.1) is 0 Å². The molecule has 5 aromatic carbocycles. The number of amides is 2. The largest absolute Gasteiger partial charge is 0.449 e.